The maximum absolute atomic E-state index is 6.36. The van der Waals surface area contributed by atoms with Gasteiger partial charge >= 0.3 is 0 Å². The Morgan fingerprint density at radius 3 is 2.70 bits per heavy atom. The van der Waals surface area contributed by atoms with E-state index in [1.54, 1.807) is 7.11 Å². The quantitative estimate of drug-likeness (QED) is 0.330. The van der Waals surface area contributed by atoms with Crippen molar-refractivity contribution < 1.29 is 14.2 Å². The van der Waals surface area contributed by atoms with Crippen LogP contribution in [0.2, 0.25) is 0 Å². The highest BCUT2D eigenvalue weighted by Crippen LogP contribution is 2.52. The summed E-state index contributed by atoms with van der Waals surface area (Å²) in [5.41, 5.74) is 1.21. The minimum atomic E-state index is 0. The maximum atomic E-state index is 6.36. The van der Waals surface area contributed by atoms with Crippen LogP contribution in [0.5, 0.6) is 11.5 Å². The molecular formula is C23H36IN3O3. The molecule has 6 nitrogen and oxygen atoms in total. The molecule has 0 aromatic heterocycles. The molecule has 2 saturated carbocycles. The summed E-state index contributed by atoms with van der Waals surface area (Å²) in [6.07, 6.45) is 6.50. The smallest absolute Gasteiger partial charge is 0.191 e. The number of ether oxygens (including phenoxy) is 3. The number of nitrogens with zero attached hydrogens (tertiary/aromatic N) is 1. The van der Waals surface area contributed by atoms with E-state index >= 15 is 0 Å². The second-order valence-corrected chi connectivity index (χ2v) is 9.09. The SMILES string of the molecule is CN=C(NCc1cccc(OC)c1OC1CCCC1)NC1C2CCOC2C1(C)C.I. The molecule has 0 bridgehead atoms. The molecule has 3 fully saturated rings. The Morgan fingerprint density at radius 2 is 2.00 bits per heavy atom. The number of guanidine groups is 1. The largest absolute Gasteiger partial charge is 0.493 e. The lowest BCUT2D eigenvalue weighted by Gasteiger charge is -2.54. The molecule has 3 atom stereocenters. The zero-order chi connectivity index (χ0) is 20.4. The molecule has 0 radical (unpaired) electrons. The van der Waals surface area contributed by atoms with Gasteiger partial charge in [-0.3, -0.25) is 4.99 Å². The monoisotopic (exact) mass is 529 g/mol. The van der Waals surface area contributed by atoms with Crippen molar-refractivity contribution in [3.63, 3.8) is 0 Å². The van der Waals surface area contributed by atoms with Crippen LogP contribution in [0.25, 0.3) is 0 Å². The molecular weight excluding hydrogens is 493 g/mol. The van der Waals surface area contributed by atoms with Crippen molar-refractivity contribution in [3.8, 4) is 11.5 Å². The number of hydrogen-bond acceptors (Lipinski definition) is 4. The first-order valence-corrected chi connectivity index (χ1v) is 11.0. The lowest BCUT2D eigenvalue weighted by Crippen LogP contribution is -2.67. The van der Waals surface area contributed by atoms with E-state index in [0.29, 0.717) is 24.6 Å². The van der Waals surface area contributed by atoms with E-state index in [4.69, 9.17) is 14.2 Å². The molecule has 0 amide bonds. The molecule has 2 N–H and O–H groups in total. The number of aliphatic imine (C=N–C) groups is 1. The van der Waals surface area contributed by atoms with Gasteiger partial charge in [-0.25, -0.2) is 0 Å². The van der Waals surface area contributed by atoms with Gasteiger partial charge in [0.1, 0.15) is 0 Å². The summed E-state index contributed by atoms with van der Waals surface area (Å²) in [6.45, 7) is 6.06. The standard InChI is InChI=1S/C23H35N3O3.HI/c1-23(2)20(17-12-13-28-21(17)23)26-22(24-3)25-14-15-8-7-11-18(27-4)19(15)29-16-9-5-6-10-16;/h7-8,11,16-17,20-21H,5-6,9-10,12-14H2,1-4H3,(H2,24,25,26);1H. The first-order chi connectivity index (χ1) is 14.0. The van der Waals surface area contributed by atoms with Gasteiger partial charge in [0, 0.05) is 43.1 Å². The van der Waals surface area contributed by atoms with E-state index in [9.17, 15) is 0 Å². The molecule has 1 aromatic carbocycles. The van der Waals surface area contributed by atoms with Crippen molar-refractivity contribution in [2.45, 2.75) is 70.7 Å². The Kier molecular flexibility index (Phi) is 7.76. The number of rotatable bonds is 6. The Morgan fingerprint density at radius 1 is 1.23 bits per heavy atom. The fourth-order valence-electron chi connectivity index (χ4n) is 5.31. The number of hydrogen-bond donors (Lipinski definition) is 2. The molecule has 0 spiro atoms. The van der Waals surface area contributed by atoms with Gasteiger partial charge in [0.05, 0.1) is 19.3 Å². The maximum Gasteiger partial charge on any atom is 0.191 e. The van der Waals surface area contributed by atoms with Crippen molar-refractivity contribution >= 4 is 29.9 Å². The number of benzene rings is 1. The highest BCUT2D eigenvalue weighted by molar-refractivity contribution is 14.0. The van der Waals surface area contributed by atoms with Crippen LogP contribution in [0.15, 0.2) is 23.2 Å². The molecule has 4 rings (SSSR count). The minimum absolute atomic E-state index is 0. The predicted octanol–water partition coefficient (Wildman–Crippen LogP) is 4.11. The van der Waals surface area contributed by atoms with Crippen LogP contribution >= 0.6 is 24.0 Å². The van der Waals surface area contributed by atoms with E-state index < -0.39 is 0 Å². The number of para-hydroxylation sites is 1. The molecule has 30 heavy (non-hydrogen) atoms. The second kappa shape index (κ2) is 9.94. The van der Waals surface area contributed by atoms with Crippen LogP contribution in [-0.2, 0) is 11.3 Å². The Hall–Kier alpha value is -1.22. The lowest BCUT2D eigenvalue weighted by molar-refractivity contribution is -0.106. The molecule has 168 valence electrons. The van der Waals surface area contributed by atoms with Crippen LogP contribution in [-0.4, -0.2) is 45.0 Å². The van der Waals surface area contributed by atoms with Crippen LogP contribution in [0, 0.1) is 11.3 Å². The summed E-state index contributed by atoms with van der Waals surface area (Å²) in [6, 6.07) is 6.46. The van der Waals surface area contributed by atoms with Gasteiger partial charge in [0.2, 0.25) is 0 Å². The Labute approximate surface area is 197 Å². The number of methoxy groups -OCH3 is 1. The molecule has 7 heteroatoms. The fraction of sp³-hybridized carbons (Fsp3) is 0.696. The average molecular weight is 529 g/mol. The third-order valence-electron chi connectivity index (χ3n) is 6.93. The highest BCUT2D eigenvalue weighted by atomic mass is 127. The third-order valence-corrected chi connectivity index (χ3v) is 6.93. The van der Waals surface area contributed by atoms with Gasteiger partial charge in [-0.05, 0) is 38.2 Å². The van der Waals surface area contributed by atoms with Gasteiger partial charge in [0.25, 0.3) is 0 Å². The molecule has 1 aromatic rings. The van der Waals surface area contributed by atoms with Crippen LogP contribution in [0.3, 0.4) is 0 Å². The van der Waals surface area contributed by atoms with Crippen molar-refractivity contribution in [2.24, 2.45) is 16.3 Å². The topological polar surface area (TPSA) is 64.1 Å². The van der Waals surface area contributed by atoms with Gasteiger partial charge in [-0.15, -0.1) is 24.0 Å². The third kappa shape index (κ3) is 4.52. The van der Waals surface area contributed by atoms with Crippen molar-refractivity contribution in [3.05, 3.63) is 23.8 Å². The minimum Gasteiger partial charge on any atom is -0.493 e. The van der Waals surface area contributed by atoms with Gasteiger partial charge in [-0.2, -0.15) is 0 Å². The van der Waals surface area contributed by atoms with Crippen LogP contribution in [0.1, 0.15) is 51.5 Å². The lowest BCUT2D eigenvalue weighted by atomic mass is 9.57. The summed E-state index contributed by atoms with van der Waals surface area (Å²) in [5, 5.41) is 7.12. The van der Waals surface area contributed by atoms with E-state index in [2.05, 4.69) is 35.5 Å². The van der Waals surface area contributed by atoms with E-state index in [-0.39, 0.29) is 35.5 Å². The number of nitrogens with one attached hydrogen (secondary N) is 2. The first kappa shape index (κ1) is 23.4. The van der Waals surface area contributed by atoms with Gasteiger partial charge < -0.3 is 24.8 Å². The Balaban J connectivity index is 0.00000256. The average Bonchev–Trinajstić information content (AvgIpc) is 3.39. The first-order valence-electron chi connectivity index (χ1n) is 11.0. The van der Waals surface area contributed by atoms with Gasteiger partial charge in [-0.1, -0.05) is 26.0 Å². The summed E-state index contributed by atoms with van der Waals surface area (Å²) < 4.78 is 17.9. The van der Waals surface area contributed by atoms with E-state index in [1.165, 1.54) is 12.8 Å². The Bertz CT molecular complexity index is 749. The zero-order valence-corrected chi connectivity index (χ0v) is 20.9. The van der Waals surface area contributed by atoms with Crippen molar-refractivity contribution in [1.82, 2.24) is 10.6 Å². The van der Waals surface area contributed by atoms with E-state index in [0.717, 1.165) is 48.9 Å². The van der Waals surface area contributed by atoms with Crippen molar-refractivity contribution in [2.75, 3.05) is 20.8 Å². The van der Waals surface area contributed by atoms with Crippen LogP contribution < -0.4 is 20.1 Å². The number of fused-ring (bicyclic) bond motifs is 1. The molecule has 3 aliphatic rings. The van der Waals surface area contributed by atoms with Gasteiger partial charge in [0.15, 0.2) is 17.5 Å². The summed E-state index contributed by atoms with van der Waals surface area (Å²) in [7, 11) is 3.53. The molecule has 1 aliphatic heterocycles. The second-order valence-electron chi connectivity index (χ2n) is 9.09. The predicted molar refractivity (Wildman–Crippen MR) is 130 cm³/mol. The van der Waals surface area contributed by atoms with E-state index in [1.807, 2.05) is 19.2 Å². The fourth-order valence-corrected chi connectivity index (χ4v) is 5.31. The van der Waals surface area contributed by atoms with Crippen LogP contribution in [0.4, 0.5) is 0 Å². The van der Waals surface area contributed by atoms with Crippen molar-refractivity contribution in [1.29, 1.82) is 0 Å². The molecule has 1 saturated heterocycles. The molecule has 2 aliphatic carbocycles. The zero-order valence-electron chi connectivity index (χ0n) is 18.6. The number of halogens is 1. The summed E-state index contributed by atoms with van der Waals surface area (Å²) in [4.78, 5) is 4.46. The molecule has 3 unspecified atom stereocenters. The summed E-state index contributed by atoms with van der Waals surface area (Å²) in [5.74, 6) is 3.05. The summed E-state index contributed by atoms with van der Waals surface area (Å²) >= 11 is 0. The highest BCUT2D eigenvalue weighted by Gasteiger charge is 2.59. The normalized spacial score (nSPS) is 27.6. The molecule has 1 heterocycles.